The summed E-state index contributed by atoms with van der Waals surface area (Å²) >= 11 is 0. The van der Waals surface area contributed by atoms with Crippen LogP contribution in [-0.2, 0) is 0 Å². The summed E-state index contributed by atoms with van der Waals surface area (Å²) in [7, 11) is 1.84. The molecule has 3 aliphatic heterocycles. The number of hydrogen-bond acceptors (Lipinski definition) is 10. The van der Waals surface area contributed by atoms with Crippen molar-refractivity contribution in [1.29, 1.82) is 0 Å². The average Bonchev–Trinajstić information content (AvgIpc) is 2.90. The van der Waals surface area contributed by atoms with Crippen LogP contribution in [0.1, 0.15) is 25.7 Å². The van der Waals surface area contributed by atoms with Gasteiger partial charge in [-0.25, -0.2) is 19.3 Å². The van der Waals surface area contributed by atoms with Gasteiger partial charge in [0.05, 0.1) is 29.7 Å². The normalized spacial score (nSPS) is 25.2. The highest BCUT2D eigenvalue weighted by molar-refractivity contribution is 5.71. The second-order valence-corrected chi connectivity index (χ2v) is 9.19. The molecule has 0 unspecified atom stereocenters. The Balaban J connectivity index is 1.21. The molecule has 4 atom stereocenters. The molecule has 1 aromatic carbocycles. The van der Waals surface area contributed by atoms with E-state index in [0.717, 1.165) is 25.7 Å². The van der Waals surface area contributed by atoms with Crippen molar-refractivity contribution >= 4 is 5.82 Å². The Hall–Kier alpha value is -3.60. The van der Waals surface area contributed by atoms with Gasteiger partial charge in [-0.05, 0) is 31.4 Å². The molecule has 6 rings (SSSR count). The largest absolute Gasteiger partial charge is 0.507 e. The molecule has 0 amide bonds. The summed E-state index contributed by atoms with van der Waals surface area (Å²) in [5.41, 5.74) is 1.63. The first kappa shape index (κ1) is 21.9. The summed E-state index contributed by atoms with van der Waals surface area (Å²) in [5.74, 6) is 1.45. The SMILES string of the molecule is CN(c1cnc(-c2ccc(-c3cnc4c(n3)OCCO4)cc2O)nn1)[C@H]1C[C@@H]2CCC[C@@H](N2)[C@H]1F. The molecule has 2 saturated heterocycles. The van der Waals surface area contributed by atoms with Gasteiger partial charge in [-0.15, -0.1) is 10.2 Å². The Morgan fingerprint density at radius 2 is 1.94 bits per heavy atom. The van der Waals surface area contributed by atoms with Gasteiger partial charge in [0.15, 0.2) is 11.6 Å². The van der Waals surface area contributed by atoms with E-state index in [0.29, 0.717) is 53.7 Å². The van der Waals surface area contributed by atoms with Crippen LogP contribution in [0.3, 0.4) is 0 Å². The van der Waals surface area contributed by atoms with Crippen LogP contribution in [0.25, 0.3) is 22.6 Å². The molecule has 0 radical (unpaired) electrons. The highest BCUT2D eigenvalue weighted by atomic mass is 19.1. The second-order valence-electron chi connectivity index (χ2n) is 9.19. The molecular weight excluding hydrogens is 453 g/mol. The molecule has 182 valence electrons. The minimum Gasteiger partial charge on any atom is -0.507 e. The zero-order chi connectivity index (χ0) is 23.9. The third kappa shape index (κ3) is 4.09. The van der Waals surface area contributed by atoms with Gasteiger partial charge in [-0.3, -0.25) is 0 Å². The number of nitrogens with zero attached hydrogens (tertiary/aromatic N) is 6. The standard InChI is InChI=1S/C24H26FN7O3/c1-32(18-10-14-3-2-4-16(28-14)21(18)25)20-12-26-22(31-30-20)15-6-5-13(9-19(15)33)17-11-27-23-24(29-17)35-8-7-34-23/h5-6,9,11-12,14,16,18,21,28,33H,2-4,7-8,10H2,1H3/t14-,16+,18-,21+/m0/s1. The number of phenols is 1. The van der Waals surface area contributed by atoms with Gasteiger partial charge < -0.3 is 24.8 Å². The molecule has 3 aromatic rings. The van der Waals surface area contributed by atoms with E-state index in [1.807, 2.05) is 11.9 Å². The zero-order valence-corrected chi connectivity index (χ0v) is 19.3. The van der Waals surface area contributed by atoms with Gasteiger partial charge >= 0.3 is 0 Å². The number of halogens is 1. The van der Waals surface area contributed by atoms with Gasteiger partial charge in [0.2, 0.25) is 0 Å². The molecule has 3 aliphatic rings. The van der Waals surface area contributed by atoms with Gasteiger partial charge in [-0.1, -0.05) is 12.5 Å². The van der Waals surface area contributed by atoms with Crippen LogP contribution in [-0.4, -0.2) is 74.8 Å². The predicted molar refractivity (Wildman–Crippen MR) is 125 cm³/mol. The van der Waals surface area contributed by atoms with Crippen molar-refractivity contribution in [3.05, 3.63) is 30.6 Å². The van der Waals surface area contributed by atoms with Crippen molar-refractivity contribution in [2.75, 3.05) is 25.2 Å². The molecule has 2 N–H and O–H groups in total. The maximum atomic E-state index is 15.1. The van der Waals surface area contributed by atoms with Crippen molar-refractivity contribution in [2.45, 2.75) is 50.0 Å². The first-order chi connectivity index (χ1) is 17.1. The van der Waals surface area contributed by atoms with Crippen molar-refractivity contribution in [1.82, 2.24) is 30.5 Å². The lowest BCUT2D eigenvalue weighted by atomic mass is 9.82. The predicted octanol–water partition coefficient (Wildman–Crippen LogP) is 2.53. The summed E-state index contributed by atoms with van der Waals surface area (Å²) in [6.07, 6.45) is 5.89. The number of anilines is 1. The number of aromatic nitrogens is 5. The van der Waals surface area contributed by atoms with Gasteiger partial charge in [-0.2, -0.15) is 0 Å². The average molecular weight is 480 g/mol. The first-order valence-electron chi connectivity index (χ1n) is 11.9. The molecule has 0 aliphatic carbocycles. The van der Waals surface area contributed by atoms with Crippen molar-refractivity contribution in [3.8, 4) is 40.2 Å². The van der Waals surface area contributed by atoms with E-state index in [1.165, 1.54) is 0 Å². The van der Waals surface area contributed by atoms with Crippen LogP contribution in [0, 0.1) is 0 Å². The third-order valence-electron chi connectivity index (χ3n) is 7.01. The van der Waals surface area contributed by atoms with Gasteiger partial charge in [0, 0.05) is 24.7 Å². The van der Waals surface area contributed by atoms with E-state index >= 15 is 4.39 Å². The highest BCUT2D eigenvalue weighted by Crippen LogP contribution is 2.35. The topological polar surface area (TPSA) is 118 Å². The number of piperidine rings is 2. The zero-order valence-electron chi connectivity index (χ0n) is 19.3. The van der Waals surface area contributed by atoms with E-state index in [4.69, 9.17) is 9.47 Å². The number of rotatable bonds is 4. The molecule has 2 fully saturated rings. The van der Waals surface area contributed by atoms with Crippen LogP contribution >= 0.6 is 0 Å². The summed E-state index contributed by atoms with van der Waals surface area (Å²) < 4.78 is 26.0. The molecular formula is C24H26FN7O3. The number of aromatic hydroxyl groups is 1. The lowest BCUT2D eigenvalue weighted by Gasteiger charge is -2.45. The van der Waals surface area contributed by atoms with Crippen LogP contribution < -0.4 is 19.7 Å². The molecule has 0 saturated carbocycles. The highest BCUT2D eigenvalue weighted by Gasteiger charge is 2.42. The maximum absolute atomic E-state index is 15.1. The molecule has 5 heterocycles. The number of nitrogens with one attached hydrogen (secondary N) is 1. The quantitative estimate of drug-likeness (QED) is 0.578. The van der Waals surface area contributed by atoms with Gasteiger partial charge in [0.25, 0.3) is 11.8 Å². The molecule has 35 heavy (non-hydrogen) atoms. The fourth-order valence-corrected chi connectivity index (χ4v) is 5.13. The molecule has 2 bridgehead atoms. The van der Waals surface area contributed by atoms with Crippen LogP contribution in [0.15, 0.2) is 30.6 Å². The Labute approximate surface area is 201 Å². The van der Waals surface area contributed by atoms with E-state index in [9.17, 15) is 5.11 Å². The van der Waals surface area contributed by atoms with Crippen LogP contribution in [0.5, 0.6) is 17.5 Å². The van der Waals surface area contributed by atoms with Crippen molar-refractivity contribution < 1.29 is 19.0 Å². The fourth-order valence-electron chi connectivity index (χ4n) is 5.13. The van der Waals surface area contributed by atoms with E-state index in [1.54, 1.807) is 30.6 Å². The Morgan fingerprint density at radius 1 is 1.09 bits per heavy atom. The second kappa shape index (κ2) is 8.88. The number of fused-ring (bicyclic) bond motifs is 3. The minimum atomic E-state index is -0.974. The summed E-state index contributed by atoms with van der Waals surface area (Å²) in [6, 6.07) is 5.02. The number of benzene rings is 1. The number of alkyl halides is 1. The summed E-state index contributed by atoms with van der Waals surface area (Å²) in [4.78, 5) is 14.9. The van der Waals surface area contributed by atoms with E-state index < -0.39 is 6.17 Å². The number of hydrogen-bond donors (Lipinski definition) is 2. The molecule has 10 nitrogen and oxygen atoms in total. The molecule has 11 heteroatoms. The number of phenolic OH excluding ortho intramolecular Hbond substituents is 1. The van der Waals surface area contributed by atoms with Crippen molar-refractivity contribution in [3.63, 3.8) is 0 Å². The molecule has 2 aromatic heterocycles. The Morgan fingerprint density at radius 3 is 2.74 bits per heavy atom. The van der Waals surface area contributed by atoms with E-state index in [-0.39, 0.29) is 23.7 Å². The lowest BCUT2D eigenvalue weighted by molar-refractivity contribution is 0.107. The monoisotopic (exact) mass is 479 g/mol. The maximum Gasteiger partial charge on any atom is 0.278 e. The third-order valence-corrected chi connectivity index (χ3v) is 7.01. The fraction of sp³-hybridized carbons (Fsp3) is 0.458. The van der Waals surface area contributed by atoms with E-state index in [2.05, 4.69) is 30.5 Å². The Kier molecular flexibility index (Phi) is 5.56. The van der Waals surface area contributed by atoms with Crippen LogP contribution in [0.2, 0.25) is 0 Å². The van der Waals surface area contributed by atoms with Crippen molar-refractivity contribution in [2.24, 2.45) is 0 Å². The van der Waals surface area contributed by atoms with Crippen LogP contribution in [0.4, 0.5) is 10.2 Å². The summed E-state index contributed by atoms with van der Waals surface area (Å²) in [6.45, 7) is 0.849. The van der Waals surface area contributed by atoms with Gasteiger partial charge in [0.1, 0.15) is 25.1 Å². The smallest absolute Gasteiger partial charge is 0.278 e. The Bertz CT molecular complexity index is 1230. The minimum absolute atomic E-state index is 0.0166. The lowest BCUT2D eigenvalue weighted by Crippen LogP contribution is -2.61. The molecule has 0 spiro atoms. The first-order valence-corrected chi connectivity index (χ1v) is 11.9. The number of ether oxygens (including phenoxy) is 2. The summed E-state index contributed by atoms with van der Waals surface area (Å²) in [5, 5.41) is 22.6.